The van der Waals surface area contributed by atoms with Crippen molar-refractivity contribution < 1.29 is 27.5 Å². The number of hydrogen-bond donors (Lipinski definition) is 2. The van der Waals surface area contributed by atoms with Crippen LogP contribution in [0.2, 0.25) is 0 Å². The average molecular weight is 462 g/mol. The lowest BCUT2D eigenvalue weighted by Crippen LogP contribution is -2.31. The highest BCUT2D eigenvalue weighted by atomic mass is 32.2. The Balaban J connectivity index is 2.06. The van der Waals surface area contributed by atoms with E-state index in [1.54, 1.807) is 12.1 Å². The van der Waals surface area contributed by atoms with Gasteiger partial charge in [0.05, 0.1) is 10.5 Å². The van der Waals surface area contributed by atoms with Gasteiger partial charge in [0, 0.05) is 19.7 Å². The Bertz CT molecular complexity index is 1060. The topological polar surface area (TPSA) is 132 Å². The number of pyridine rings is 1. The van der Waals surface area contributed by atoms with Gasteiger partial charge in [-0.1, -0.05) is 26.0 Å². The Labute approximate surface area is 187 Å². The Morgan fingerprint density at radius 1 is 1.09 bits per heavy atom. The van der Waals surface area contributed by atoms with Crippen molar-refractivity contribution in [2.75, 3.05) is 6.54 Å². The van der Waals surface area contributed by atoms with E-state index in [-0.39, 0.29) is 28.2 Å². The number of nitrogens with one attached hydrogen (secondary N) is 2. The molecule has 0 saturated carbocycles. The lowest BCUT2D eigenvalue weighted by molar-refractivity contribution is -0.118. The van der Waals surface area contributed by atoms with Crippen molar-refractivity contribution >= 4 is 27.8 Å². The molecule has 0 atom stereocenters. The molecule has 0 radical (unpaired) electrons. The van der Waals surface area contributed by atoms with Crippen LogP contribution in [-0.4, -0.2) is 43.8 Å². The highest BCUT2D eigenvalue weighted by Crippen LogP contribution is 2.13. The molecule has 9 nitrogen and oxygen atoms in total. The van der Waals surface area contributed by atoms with Crippen LogP contribution in [0.25, 0.3) is 0 Å². The van der Waals surface area contributed by atoms with E-state index in [1.807, 2.05) is 18.6 Å². The maximum atomic E-state index is 12.6. The van der Waals surface area contributed by atoms with Crippen LogP contribution in [0.15, 0.2) is 47.5 Å². The van der Waals surface area contributed by atoms with Gasteiger partial charge in [-0.05, 0) is 49.1 Å². The molecule has 0 unspecified atom stereocenters. The lowest BCUT2D eigenvalue weighted by Gasteiger charge is -2.13. The van der Waals surface area contributed by atoms with Crippen molar-refractivity contribution in [3.8, 4) is 0 Å². The van der Waals surface area contributed by atoms with Crippen molar-refractivity contribution in [1.82, 2.24) is 15.0 Å². The molecule has 2 aromatic rings. The minimum absolute atomic E-state index is 0.0190. The lowest BCUT2D eigenvalue weighted by atomic mass is 10.1. The predicted octanol–water partition coefficient (Wildman–Crippen LogP) is 2.22. The number of aromatic nitrogens is 1. The summed E-state index contributed by atoms with van der Waals surface area (Å²) in [7, 11) is -4.13. The van der Waals surface area contributed by atoms with Crippen molar-refractivity contribution in [1.29, 1.82) is 0 Å². The molecule has 0 aliphatic heterocycles. The first-order chi connectivity index (χ1) is 15.2. The maximum Gasteiger partial charge on any atom is 0.357 e. The number of carbonyl (C=O) groups excluding carboxylic acids is 3. The van der Waals surface area contributed by atoms with Gasteiger partial charge in [-0.2, -0.15) is 0 Å². The SMILES string of the molecule is CCC(CC)OC(=O)c1ccc(C(=O)NS(=O)(=O)c2cccc(CCNC(C)=O)c2)cn1. The van der Waals surface area contributed by atoms with E-state index in [0.29, 0.717) is 31.4 Å². The van der Waals surface area contributed by atoms with Gasteiger partial charge in [0.25, 0.3) is 15.9 Å². The minimum Gasteiger partial charge on any atom is -0.458 e. The molecule has 0 aliphatic carbocycles. The molecule has 2 amide bonds. The first kappa shape index (κ1) is 25.0. The van der Waals surface area contributed by atoms with Crippen molar-refractivity contribution in [2.45, 2.75) is 51.0 Å². The summed E-state index contributed by atoms with van der Waals surface area (Å²) in [6.07, 6.45) is 2.70. The molecule has 172 valence electrons. The van der Waals surface area contributed by atoms with E-state index in [2.05, 4.69) is 10.3 Å². The fourth-order valence-electron chi connectivity index (χ4n) is 2.81. The molecule has 2 rings (SSSR count). The smallest absolute Gasteiger partial charge is 0.357 e. The van der Waals surface area contributed by atoms with E-state index in [9.17, 15) is 22.8 Å². The minimum atomic E-state index is -4.13. The van der Waals surface area contributed by atoms with Crippen LogP contribution in [0.3, 0.4) is 0 Å². The first-order valence-electron chi connectivity index (χ1n) is 10.2. The van der Waals surface area contributed by atoms with Crippen LogP contribution in [0.4, 0.5) is 0 Å². The normalized spacial score (nSPS) is 11.1. The highest BCUT2D eigenvalue weighted by Gasteiger charge is 2.20. The highest BCUT2D eigenvalue weighted by molar-refractivity contribution is 7.90. The molecule has 2 N–H and O–H groups in total. The molecule has 32 heavy (non-hydrogen) atoms. The number of rotatable bonds is 10. The molecule has 0 spiro atoms. The van der Waals surface area contributed by atoms with Gasteiger partial charge in [-0.3, -0.25) is 9.59 Å². The summed E-state index contributed by atoms with van der Waals surface area (Å²) < 4.78 is 32.5. The quantitative estimate of drug-likeness (QED) is 0.519. The second-order valence-corrected chi connectivity index (χ2v) is 8.77. The molecule has 0 aliphatic rings. The van der Waals surface area contributed by atoms with Gasteiger partial charge < -0.3 is 10.1 Å². The molecular formula is C22H27N3O6S. The fourth-order valence-corrected chi connectivity index (χ4v) is 3.85. The van der Waals surface area contributed by atoms with Crippen LogP contribution < -0.4 is 10.0 Å². The largest absolute Gasteiger partial charge is 0.458 e. The Hall–Kier alpha value is -3.27. The van der Waals surface area contributed by atoms with Crippen molar-refractivity contribution in [3.63, 3.8) is 0 Å². The zero-order valence-electron chi connectivity index (χ0n) is 18.3. The summed E-state index contributed by atoms with van der Waals surface area (Å²) >= 11 is 0. The third-order valence-corrected chi connectivity index (χ3v) is 5.97. The van der Waals surface area contributed by atoms with E-state index >= 15 is 0 Å². The number of hydrogen-bond acceptors (Lipinski definition) is 7. The van der Waals surface area contributed by atoms with Gasteiger partial charge in [0.2, 0.25) is 5.91 Å². The summed E-state index contributed by atoms with van der Waals surface area (Å²) in [4.78, 5) is 39.3. The summed E-state index contributed by atoms with van der Waals surface area (Å²) in [6, 6.07) is 8.72. The average Bonchev–Trinajstić information content (AvgIpc) is 2.77. The van der Waals surface area contributed by atoms with Gasteiger partial charge in [-0.15, -0.1) is 0 Å². The van der Waals surface area contributed by atoms with Gasteiger partial charge in [0.15, 0.2) is 0 Å². The second kappa shape index (κ2) is 11.4. The number of benzene rings is 1. The summed E-state index contributed by atoms with van der Waals surface area (Å²) in [5.41, 5.74) is 0.703. The second-order valence-electron chi connectivity index (χ2n) is 7.09. The van der Waals surface area contributed by atoms with Crippen LogP contribution in [0, 0.1) is 0 Å². The van der Waals surface area contributed by atoms with Gasteiger partial charge in [-0.25, -0.2) is 22.9 Å². The number of sulfonamides is 1. The van der Waals surface area contributed by atoms with E-state index in [0.717, 1.165) is 6.20 Å². The van der Waals surface area contributed by atoms with Crippen LogP contribution in [-0.2, 0) is 26.0 Å². The maximum absolute atomic E-state index is 12.6. The van der Waals surface area contributed by atoms with E-state index in [1.165, 1.54) is 31.2 Å². The predicted molar refractivity (Wildman–Crippen MR) is 118 cm³/mol. The summed E-state index contributed by atoms with van der Waals surface area (Å²) in [6.45, 7) is 5.57. The number of carbonyl (C=O) groups is 3. The third kappa shape index (κ3) is 7.16. The Kier molecular flexibility index (Phi) is 8.89. The number of esters is 1. The summed E-state index contributed by atoms with van der Waals surface area (Å²) in [5.74, 6) is -1.65. The molecule has 1 aromatic carbocycles. The Morgan fingerprint density at radius 3 is 2.41 bits per heavy atom. The molecule has 10 heteroatoms. The molecule has 0 saturated heterocycles. The summed E-state index contributed by atoms with van der Waals surface area (Å²) in [5, 5.41) is 2.64. The van der Waals surface area contributed by atoms with E-state index in [4.69, 9.17) is 4.74 Å². The van der Waals surface area contributed by atoms with Gasteiger partial charge in [0.1, 0.15) is 11.8 Å². The standard InChI is InChI=1S/C22H27N3O6S/c1-4-18(5-2)31-22(28)20-10-9-17(14-24-20)21(27)25-32(29,30)19-8-6-7-16(13-19)11-12-23-15(3)26/h6-10,13-14,18H,4-5,11-12H2,1-3H3,(H,23,26)(H,25,27). The van der Waals surface area contributed by atoms with Crippen LogP contribution in [0.5, 0.6) is 0 Å². The molecule has 0 fully saturated rings. The first-order valence-corrected chi connectivity index (χ1v) is 11.7. The van der Waals surface area contributed by atoms with Crippen LogP contribution in [0.1, 0.15) is 60.0 Å². The third-order valence-electron chi connectivity index (χ3n) is 4.64. The van der Waals surface area contributed by atoms with E-state index < -0.39 is 21.9 Å². The van der Waals surface area contributed by atoms with Gasteiger partial charge >= 0.3 is 5.97 Å². The monoisotopic (exact) mass is 461 g/mol. The Morgan fingerprint density at radius 2 is 1.81 bits per heavy atom. The van der Waals surface area contributed by atoms with Crippen LogP contribution >= 0.6 is 0 Å². The zero-order valence-corrected chi connectivity index (χ0v) is 19.1. The number of ether oxygens (including phenoxy) is 1. The number of amides is 2. The number of nitrogens with zero attached hydrogens (tertiary/aromatic N) is 1. The zero-order chi connectivity index (χ0) is 23.7. The molecular weight excluding hydrogens is 434 g/mol. The molecule has 1 aromatic heterocycles. The molecule has 0 bridgehead atoms. The fraction of sp³-hybridized carbons (Fsp3) is 0.364. The molecule has 1 heterocycles. The van der Waals surface area contributed by atoms with Crippen molar-refractivity contribution in [3.05, 3.63) is 59.4 Å². The van der Waals surface area contributed by atoms with Crippen molar-refractivity contribution in [2.24, 2.45) is 0 Å².